The summed E-state index contributed by atoms with van der Waals surface area (Å²) in [4.78, 5) is 0. The quantitative estimate of drug-likeness (QED) is 0.362. The fourth-order valence-electron chi connectivity index (χ4n) is 3.31. The Morgan fingerprint density at radius 2 is 1.27 bits per heavy atom. The van der Waals surface area contributed by atoms with Crippen LogP contribution in [0.15, 0.2) is 30.3 Å². The van der Waals surface area contributed by atoms with E-state index >= 15 is 0 Å². The van der Waals surface area contributed by atoms with Crippen molar-refractivity contribution in [2.24, 2.45) is 0 Å². The predicted octanol–water partition coefficient (Wildman–Crippen LogP) is 6.86. The van der Waals surface area contributed by atoms with E-state index in [1.165, 1.54) is 63.4 Å². The molecular formula is C21H36O. The Morgan fingerprint density at radius 1 is 0.727 bits per heavy atom. The van der Waals surface area contributed by atoms with Crippen LogP contribution >= 0.6 is 0 Å². The van der Waals surface area contributed by atoms with Crippen molar-refractivity contribution in [3.05, 3.63) is 35.9 Å². The second-order valence-electron chi connectivity index (χ2n) is 6.54. The van der Waals surface area contributed by atoms with Crippen LogP contribution < -0.4 is 0 Å². The van der Waals surface area contributed by atoms with Gasteiger partial charge < -0.3 is 4.74 Å². The van der Waals surface area contributed by atoms with Gasteiger partial charge in [-0.1, -0.05) is 102 Å². The van der Waals surface area contributed by atoms with Crippen LogP contribution in [0.25, 0.3) is 0 Å². The van der Waals surface area contributed by atoms with Crippen LogP contribution in [0.2, 0.25) is 0 Å². The van der Waals surface area contributed by atoms with E-state index in [-0.39, 0.29) is 5.60 Å². The van der Waals surface area contributed by atoms with Crippen LogP contribution in [-0.2, 0) is 10.3 Å². The molecular weight excluding hydrogens is 268 g/mol. The summed E-state index contributed by atoms with van der Waals surface area (Å²) in [5, 5.41) is 0. The van der Waals surface area contributed by atoms with E-state index in [0.717, 1.165) is 12.8 Å². The largest absolute Gasteiger partial charge is 0.374 e. The van der Waals surface area contributed by atoms with Crippen molar-refractivity contribution >= 4 is 0 Å². The number of benzene rings is 1. The first-order valence-corrected chi connectivity index (χ1v) is 9.39. The summed E-state index contributed by atoms with van der Waals surface area (Å²) < 4.78 is 6.07. The van der Waals surface area contributed by atoms with Gasteiger partial charge in [0.2, 0.25) is 0 Å². The average Bonchev–Trinajstić information content (AvgIpc) is 2.58. The zero-order chi connectivity index (χ0) is 16.1. The number of hydrogen-bond acceptors (Lipinski definition) is 1. The molecule has 0 N–H and O–H groups in total. The van der Waals surface area contributed by atoms with Gasteiger partial charge >= 0.3 is 0 Å². The Balaban J connectivity index is 2.51. The third-order valence-electron chi connectivity index (χ3n) is 4.81. The second-order valence-corrected chi connectivity index (χ2v) is 6.54. The van der Waals surface area contributed by atoms with Crippen molar-refractivity contribution in [3.8, 4) is 0 Å². The molecule has 0 heterocycles. The molecule has 0 aliphatic heterocycles. The molecule has 0 aromatic heterocycles. The van der Waals surface area contributed by atoms with Crippen molar-refractivity contribution in [2.45, 2.75) is 90.1 Å². The summed E-state index contributed by atoms with van der Waals surface area (Å²) in [7, 11) is 1.89. The molecule has 0 amide bonds. The Bertz CT molecular complexity index is 359. The first-order valence-electron chi connectivity index (χ1n) is 9.39. The monoisotopic (exact) mass is 304 g/mol. The minimum Gasteiger partial charge on any atom is -0.374 e. The van der Waals surface area contributed by atoms with Gasteiger partial charge in [-0.05, 0) is 18.4 Å². The number of hydrogen-bond donors (Lipinski definition) is 0. The minimum atomic E-state index is -0.0688. The van der Waals surface area contributed by atoms with E-state index in [4.69, 9.17) is 4.74 Å². The van der Waals surface area contributed by atoms with Gasteiger partial charge in [0.05, 0.1) is 5.60 Å². The summed E-state index contributed by atoms with van der Waals surface area (Å²) in [6, 6.07) is 10.8. The van der Waals surface area contributed by atoms with E-state index < -0.39 is 0 Å². The van der Waals surface area contributed by atoms with Crippen molar-refractivity contribution in [3.63, 3.8) is 0 Å². The molecule has 1 aromatic carbocycles. The van der Waals surface area contributed by atoms with Crippen LogP contribution in [0.4, 0.5) is 0 Å². The fraction of sp³-hybridized carbons (Fsp3) is 0.714. The third-order valence-corrected chi connectivity index (χ3v) is 4.81. The molecule has 1 rings (SSSR count). The van der Waals surface area contributed by atoms with Crippen molar-refractivity contribution in [2.75, 3.05) is 7.11 Å². The Hall–Kier alpha value is -0.820. The maximum absolute atomic E-state index is 6.07. The first kappa shape index (κ1) is 19.2. The smallest absolute Gasteiger partial charge is 0.0927 e. The van der Waals surface area contributed by atoms with E-state index in [9.17, 15) is 0 Å². The molecule has 1 heteroatoms. The van der Waals surface area contributed by atoms with E-state index in [1.807, 2.05) is 7.11 Å². The van der Waals surface area contributed by atoms with Gasteiger partial charge in [-0.2, -0.15) is 0 Å². The summed E-state index contributed by atoms with van der Waals surface area (Å²) in [5.74, 6) is 0. The van der Waals surface area contributed by atoms with E-state index in [2.05, 4.69) is 44.2 Å². The van der Waals surface area contributed by atoms with Gasteiger partial charge in [0.25, 0.3) is 0 Å². The fourth-order valence-corrected chi connectivity index (χ4v) is 3.31. The summed E-state index contributed by atoms with van der Waals surface area (Å²) >= 11 is 0. The van der Waals surface area contributed by atoms with E-state index in [1.54, 1.807) is 0 Å². The molecule has 0 radical (unpaired) electrons. The summed E-state index contributed by atoms with van der Waals surface area (Å²) in [5.41, 5.74) is 1.29. The number of rotatable bonds is 13. The van der Waals surface area contributed by atoms with Crippen molar-refractivity contribution in [1.82, 2.24) is 0 Å². The molecule has 1 nitrogen and oxygen atoms in total. The number of methoxy groups -OCH3 is 1. The molecule has 1 unspecified atom stereocenters. The molecule has 0 saturated carbocycles. The Morgan fingerprint density at radius 3 is 1.86 bits per heavy atom. The van der Waals surface area contributed by atoms with Gasteiger partial charge in [-0.3, -0.25) is 0 Å². The molecule has 0 bridgehead atoms. The van der Waals surface area contributed by atoms with Crippen molar-refractivity contribution < 1.29 is 4.74 Å². The lowest BCUT2D eigenvalue weighted by atomic mass is 9.83. The lowest BCUT2D eigenvalue weighted by Gasteiger charge is -2.33. The highest BCUT2D eigenvalue weighted by Gasteiger charge is 2.30. The van der Waals surface area contributed by atoms with Crippen molar-refractivity contribution in [1.29, 1.82) is 0 Å². The second kappa shape index (κ2) is 11.7. The predicted molar refractivity (Wildman–Crippen MR) is 97.3 cm³/mol. The van der Waals surface area contributed by atoms with Gasteiger partial charge in [0.1, 0.15) is 0 Å². The molecule has 0 fully saturated rings. The third kappa shape index (κ3) is 6.52. The SMILES string of the molecule is CCCCCCCCCC(CCCC)(OC)c1ccccc1. The molecule has 0 spiro atoms. The average molecular weight is 305 g/mol. The molecule has 1 atom stereocenters. The zero-order valence-electron chi connectivity index (χ0n) is 15.1. The molecule has 1 aromatic rings. The number of unbranched alkanes of at least 4 members (excludes halogenated alkanes) is 7. The van der Waals surface area contributed by atoms with Crippen LogP contribution in [0.1, 0.15) is 90.0 Å². The highest BCUT2D eigenvalue weighted by atomic mass is 16.5. The highest BCUT2D eigenvalue weighted by Crippen LogP contribution is 2.36. The molecule has 22 heavy (non-hydrogen) atoms. The number of ether oxygens (including phenoxy) is 1. The van der Waals surface area contributed by atoms with Crippen LogP contribution in [0.5, 0.6) is 0 Å². The molecule has 0 aliphatic carbocycles. The van der Waals surface area contributed by atoms with Crippen LogP contribution in [-0.4, -0.2) is 7.11 Å². The van der Waals surface area contributed by atoms with Gasteiger partial charge in [-0.15, -0.1) is 0 Å². The normalized spacial score (nSPS) is 14.0. The zero-order valence-corrected chi connectivity index (χ0v) is 15.1. The van der Waals surface area contributed by atoms with Gasteiger partial charge in [0.15, 0.2) is 0 Å². The lowest BCUT2D eigenvalue weighted by Crippen LogP contribution is -2.28. The molecule has 0 saturated heterocycles. The summed E-state index contributed by atoms with van der Waals surface area (Å²) in [6.07, 6.45) is 14.3. The van der Waals surface area contributed by atoms with E-state index in [0.29, 0.717) is 0 Å². The first-order chi connectivity index (χ1) is 10.8. The lowest BCUT2D eigenvalue weighted by molar-refractivity contribution is -0.0331. The van der Waals surface area contributed by atoms with Gasteiger partial charge in [-0.25, -0.2) is 0 Å². The Kier molecular flexibility index (Phi) is 10.2. The summed E-state index contributed by atoms with van der Waals surface area (Å²) in [6.45, 7) is 4.54. The molecule has 0 aliphatic rings. The maximum atomic E-state index is 6.07. The Labute approximate surface area is 138 Å². The topological polar surface area (TPSA) is 9.23 Å². The van der Waals surface area contributed by atoms with Crippen LogP contribution in [0, 0.1) is 0 Å². The minimum absolute atomic E-state index is 0.0688. The highest BCUT2D eigenvalue weighted by molar-refractivity contribution is 5.22. The maximum Gasteiger partial charge on any atom is 0.0927 e. The molecule has 126 valence electrons. The van der Waals surface area contributed by atoms with Crippen LogP contribution in [0.3, 0.4) is 0 Å². The van der Waals surface area contributed by atoms with Gasteiger partial charge in [0, 0.05) is 7.11 Å². The standard InChI is InChI=1S/C21H36O/c1-4-6-8-9-10-11-15-19-21(22-3,18-7-5-2)20-16-13-12-14-17-20/h12-14,16-17H,4-11,15,18-19H2,1-3H3.